The fourth-order valence-electron chi connectivity index (χ4n) is 2.99. The maximum absolute atomic E-state index is 8.25. The zero-order valence-corrected chi connectivity index (χ0v) is 16.3. The highest BCUT2D eigenvalue weighted by Crippen LogP contribution is 2.15. The molecule has 28 heavy (non-hydrogen) atoms. The first-order chi connectivity index (χ1) is 13.8. The number of nitrogens with zero attached hydrogens (tertiary/aromatic N) is 8. The second kappa shape index (κ2) is 13.1. The van der Waals surface area contributed by atoms with E-state index in [4.69, 9.17) is 11.1 Å². The number of hydrogen-bond donors (Lipinski definition) is 0. The number of hydrogen-bond acceptors (Lipinski definition) is 2. The van der Waals surface area contributed by atoms with Gasteiger partial charge in [-0.1, -0.05) is 10.2 Å². The van der Waals surface area contributed by atoms with Gasteiger partial charge in [0, 0.05) is 60.0 Å². The lowest BCUT2D eigenvalue weighted by Gasteiger charge is -2.02. The topological polar surface area (TPSA) is 105 Å². The van der Waals surface area contributed by atoms with E-state index in [2.05, 4.69) is 78.2 Å². The molecular weight excluding hydrogens is 352 g/mol. The third-order valence-corrected chi connectivity index (χ3v) is 4.59. The molecule has 8 heteroatoms. The smallest absolute Gasteiger partial charge is 0.169 e. The fourth-order valence-corrected chi connectivity index (χ4v) is 2.99. The molecule has 0 saturated carbocycles. The summed E-state index contributed by atoms with van der Waals surface area (Å²) in [5, 5.41) is 7.11. The minimum Gasteiger partial charge on any atom is -0.205 e. The predicted molar refractivity (Wildman–Crippen MR) is 108 cm³/mol. The first-order valence-electron chi connectivity index (χ1n) is 9.84. The second-order valence-electron chi connectivity index (χ2n) is 6.68. The largest absolute Gasteiger partial charge is 0.205 e. The van der Waals surface area contributed by atoms with Crippen molar-refractivity contribution in [3.05, 3.63) is 69.9 Å². The Morgan fingerprint density at radius 1 is 0.607 bits per heavy atom. The van der Waals surface area contributed by atoms with Crippen LogP contribution in [-0.2, 0) is 13.1 Å². The van der Waals surface area contributed by atoms with Crippen molar-refractivity contribution in [3.63, 3.8) is 0 Å². The van der Waals surface area contributed by atoms with Crippen LogP contribution in [0.5, 0.6) is 0 Å². The van der Waals surface area contributed by atoms with Crippen LogP contribution in [0.2, 0.25) is 0 Å². The van der Waals surface area contributed by atoms with Crippen molar-refractivity contribution in [2.45, 2.75) is 51.6 Å². The van der Waals surface area contributed by atoms with Crippen molar-refractivity contribution in [1.29, 1.82) is 0 Å². The molecule has 8 nitrogen and oxygen atoms in total. The summed E-state index contributed by atoms with van der Waals surface area (Å²) in [6.07, 6.45) is 14.7. The molecule has 2 heterocycles. The van der Waals surface area contributed by atoms with Crippen LogP contribution in [0.25, 0.3) is 32.0 Å². The standard InChI is InChI=1S/C20H28N8/c21-25-23-11-3-1-5-13-27-15-7-19(8-16-27)20-9-17-28(18-10-20)14-6-2-4-12-24-26-22/h7-10,15-18H,1-6,11-14H2/q+2. The predicted octanol–water partition coefficient (Wildman–Crippen LogP) is 4.89. The van der Waals surface area contributed by atoms with Crippen molar-refractivity contribution in [2.24, 2.45) is 10.2 Å². The van der Waals surface area contributed by atoms with Crippen LogP contribution in [0.1, 0.15) is 38.5 Å². The van der Waals surface area contributed by atoms with Crippen LogP contribution >= 0.6 is 0 Å². The lowest BCUT2D eigenvalue weighted by atomic mass is 10.1. The summed E-state index contributed by atoms with van der Waals surface area (Å²) in [5.41, 5.74) is 18.9. The van der Waals surface area contributed by atoms with Crippen LogP contribution in [0.3, 0.4) is 0 Å². The van der Waals surface area contributed by atoms with Crippen LogP contribution in [0.4, 0.5) is 0 Å². The highest BCUT2D eigenvalue weighted by Gasteiger charge is 2.06. The Kier molecular flexibility index (Phi) is 9.96. The van der Waals surface area contributed by atoms with Gasteiger partial charge in [-0.25, -0.2) is 9.13 Å². The van der Waals surface area contributed by atoms with Gasteiger partial charge in [0.1, 0.15) is 13.1 Å². The molecule has 0 aliphatic rings. The molecule has 0 bridgehead atoms. The number of rotatable bonds is 13. The van der Waals surface area contributed by atoms with E-state index >= 15 is 0 Å². The SMILES string of the molecule is [N-]=[N+]=NCCCCC[n+]1ccc(-c2cc[n+](CCCCCN=[N+]=[N-])cc2)cc1. The minimum absolute atomic E-state index is 0.587. The molecule has 0 atom stereocenters. The average molecular weight is 381 g/mol. The number of unbranched alkanes of at least 4 members (excludes halogenated alkanes) is 4. The van der Waals surface area contributed by atoms with Gasteiger partial charge in [-0.3, -0.25) is 0 Å². The quantitative estimate of drug-likeness (QED) is 0.155. The van der Waals surface area contributed by atoms with Crippen molar-refractivity contribution in [2.75, 3.05) is 13.1 Å². The van der Waals surface area contributed by atoms with Crippen molar-refractivity contribution in [1.82, 2.24) is 0 Å². The second-order valence-corrected chi connectivity index (χ2v) is 6.68. The van der Waals surface area contributed by atoms with Gasteiger partial charge in [0.15, 0.2) is 24.8 Å². The van der Waals surface area contributed by atoms with E-state index in [1.807, 2.05) is 0 Å². The van der Waals surface area contributed by atoms with E-state index < -0.39 is 0 Å². The third kappa shape index (κ3) is 8.08. The number of pyridine rings is 2. The lowest BCUT2D eigenvalue weighted by Crippen LogP contribution is -2.33. The van der Waals surface area contributed by atoms with E-state index in [9.17, 15) is 0 Å². The molecule has 0 fully saturated rings. The monoisotopic (exact) mass is 380 g/mol. The van der Waals surface area contributed by atoms with E-state index in [1.54, 1.807) is 0 Å². The molecule has 0 spiro atoms. The Bertz CT molecular complexity index is 718. The number of azide groups is 2. The Balaban J connectivity index is 1.75. The van der Waals surface area contributed by atoms with Crippen molar-refractivity contribution in [3.8, 4) is 11.1 Å². The minimum atomic E-state index is 0.587. The summed E-state index contributed by atoms with van der Waals surface area (Å²) in [5.74, 6) is 0. The van der Waals surface area contributed by atoms with Gasteiger partial charge in [-0.2, -0.15) is 0 Å². The van der Waals surface area contributed by atoms with Crippen molar-refractivity contribution >= 4 is 0 Å². The molecule has 0 aliphatic heterocycles. The van der Waals surface area contributed by atoms with E-state index in [1.165, 1.54) is 11.1 Å². The molecule has 0 amide bonds. The number of aromatic nitrogens is 2. The fraction of sp³-hybridized carbons (Fsp3) is 0.500. The third-order valence-electron chi connectivity index (χ3n) is 4.59. The lowest BCUT2D eigenvalue weighted by molar-refractivity contribution is -0.697. The summed E-state index contributed by atoms with van der Waals surface area (Å²) in [6, 6.07) is 8.59. The van der Waals surface area contributed by atoms with Gasteiger partial charge in [0.05, 0.1) is 0 Å². The molecule has 2 aromatic heterocycles. The zero-order chi connectivity index (χ0) is 19.9. The van der Waals surface area contributed by atoms with Crippen LogP contribution in [0, 0.1) is 0 Å². The summed E-state index contributed by atoms with van der Waals surface area (Å²) < 4.78 is 4.38. The van der Waals surface area contributed by atoms with Crippen LogP contribution in [-0.4, -0.2) is 13.1 Å². The average Bonchev–Trinajstić information content (AvgIpc) is 2.74. The molecular formula is C20H28N8+2. The first kappa shape index (κ1) is 21.2. The van der Waals surface area contributed by atoms with Gasteiger partial charge in [-0.15, -0.1) is 0 Å². The summed E-state index contributed by atoms with van der Waals surface area (Å²) in [7, 11) is 0. The molecule has 146 valence electrons. The van der Waals surface area contributed by atoms with Crippen molar-refractivity contribution < 1.29 is 9.13 Å². The Labute approximate surface area is 165 Å². The van der Waals surface area contributed by atoms with Crippen LogP contribution < -0.4 is 9.13 Å². The molecule has 0 N–H and O–H groups in total. The van der Waals surface area contributed by atoms with Gasteiger partial charge in [0.2, 0.25) is 0 Å². The summed E-state index contributed by atoms with van der Waals surface area (Å²) >= 11 is 0. The van der Waals surface area contributed by atoms with Gasteiger partial charge in [-0.05, 0) is 47.9 Å². The normalized spacial score (nSPS) is 10.1. The van der Waals surface area contributed by atoms with Gasteiger partial charge >= 0.3 is 0 Å². The van der Waals surface area contributed by atoms with Crippen LogP contribution in [0.15, 0.2) is 59.3 Å². The highest BCUT2D eigenvalue weighted by atomic mass is 15.1. The Morgan fingerprint density at radius 2 is 1.00 bits per heavy atom. The molecule has 2 aromatic rings. The highest BCUT2D eigenvalue weighted by molar-refractivity contribution is 5.60. The Hall–Kier alpha value is -3.08. The summed E-state index contributed by atoms with van der Waals surface area (Å²) in [6.45, 7) is 3.13. The maximum atomic E-state index is 8.25. The number of aryl methyl sites for hydroxylation is 2. The van der Waals surface area contributed by atoms with Gasteiger partial charge < -0.3 is 0 Å². The molecule has 0 saturated heterocycles. The molecule has 0 aliphatic carbocycles. The Morgan fingerprint density at radius 3 is 1.36 bits per heavy atom. The maximum Gasteiger partial charge on any atom is 0.169 e. The van der Waals surface area contributed by atoms with E-state index in [0.29, 0.717) is 13.1 Å². The molecule has 0 aromatic carbocycles. The molecule has 0 radical (unpaired) electrons. The van der Waals surface area contributed by atoms with E-state index in [-0.39, 0.29) is 0 Å². The first-order valence-corrected chi connectivity index (χ1v) is 9.84. The summed E-state index contributed by atoms with van der Waals surface area (Å²) in [4.78, 5) is 5.54. The molecule has 0 unspecified atom stereocenters. The van der Waals surface area contributed by atoms with E-state index in [0.717, 1.165) is 51.6 Å². The van der Waals surface area contributed by atoms with Gasteiger partial charge in [0.25, 0.3) is 0 Å². The zero-order valence-electron chi connectivity index (χ0n) is 16.3. The molecule has 2 rings (SSSR count).